The predicted molar refractivity (Wildman–Crippen MR) is 91.9 cm³/mol. The maximum atomic E-state index is 13.5. The van der Waals surface area contributed by atoms with E-state index in [1.165, 1.54) is 6.33 Å². The van der Waals surface area contributed by atoms with Gasteiger partial charge in [-0.05, 0) is 24.3 Å². The molecule has 1 amide bonds. The van der Waals surface area contributed by atoms with Gasteiger partial charge in [0.2, 0.25) is 0 Å². The molecule has 1 heterocycles. The molecule has 3 rings (SSSR count). The Morgan fingerprint density at radius 2 is 1.82 bits per heavy atom. The average Bonchev–Trinajstić information content (AvgIpc) is 2.69. The van der Waals surface area contributed by atoms with Crippen LogP contribution in [0, 0.1) is 17.5 Å². The number of hydrogen-bond acceptors (Lipinski definition) is 5. The highest BCUT2D eigenvalue weighted by atomic mass is 19.2. The zero-order valence-corrected chi connectivity index (χ0v) is 14.1. The normalized spacial score (nSPS) is 10.7. The van der Waals surface area contributed by atoms with Gasteiger partial charge in [-0.25, -0.2) is 18.2 Å². The van der Waals surface area contributed by atoms with Crippen molar-refractivity contribution < 1.29 is 27.5 Å². The number of amides is 1. The fraction of sp³-hybridized carbons (Fsp3) is 0.111. The molecular formula is C18H12F3N3O4. The number of halogens is 3. The van der Waals surface area contributed by atoms with Gasteiger partial charge < -0.3 is 10.1 Å². The van der Waals surface area contributed by atoms with Gasteiger partial charge in [-0.2, -0.15) is 0 Å². The van der Waals surface area contributed by atoms with E-state index >= 15 is 0 Å². The van der Waals surface area contributed by atoms with Crippen molar-refractivity contribution in [3.8, 4) is 0 Å². The largest absolute Gasteiger partial charge is 0.454 e. The topological polar surface area (TPSA) is 90.3 Å². The van der Waals surface area contributed by atoms with Crippen LogP contribution in [0.2, 0.25) is 0 Å². The van der Waals surface area contributed by atoms with Crippen LogP contribution in [0.25, 0.3) is 10.9 Å². The summed E-state index contributed by atoms with van der Waals surface area (Å²) < 4.78 is 45.2. The Hall–Kier alpha value is -3.69. The fourth-order valence-corrected chi connectivity index (χ4v) is 2.36. The van der Waals surface area contributed by atoms with Crippen LogP contribution in [0.3, 0.4) is 0 Å². The molecule has 0 saturated heterocycles. The second-order valence-corrected chi connectivity index (χ2v) is 5.63. The molecule has 0 radical (unpaired) electrons. The number of carbonyl (C=O) groups excluding carboxylic acids is 2. The van der Waals surface area contributed by atoms with Gasteiger partial charge in [0, 0.05) is 0 Å². The van der Waals surface area contributed by atoms with Crippen molar-refractivity contribution in [3.05, 3.63) is 70.5 Å². The van der Waals surface area contributed by atoms with Crippen LogP contribution in [-0.2, 0) is 20.9 Å². The average molecular weight is 391 g/mol. The molecule has 0 aliphatic heterocycles. The van der Waals surface area contributed by atoms with Gasteiger partial charge in [-0.3, -0.25) is 19.0 Å². The van der Waals surface area contributed by atoms with Gasteiger partial charge >= 0.3 is 5.97 Å². The molecule has 0 aliphatic carbocycles. The van der Waals surface area contributed by atoms with Crippen LogP contribution in [0.1, 0.15) is 0 Å². The summed E-state index contributed by atoms with van der Waals surface area (Å²) in [5.41, 5.74) is -0.601. The third-order valence-electron chi connectivity index (χ3n) is 3.70. The number of ether oxygens (including phenoxy) is 1. The molecule has 0 fully saturated rings. The number of para-hydroxylation sites is 1. The first-order valence-electron chi connectivity index (χ1n) is 7.90. The zero-order valence-electron chi connectivity index (χ0n) is 14.1. The molecule has 3 aromatic rings. The Kier molecular flexibility index (Phi) is 5.39. The van der Waals surface area contributed by atoms with E-state index in [9.17, 15) is 27.6 Å². The second-order valence-electron chi connectivity index (χ2n) is 5.63. The van der Waals surface area contributed by atoms with Crippen LogP contribution in [0.15, 0.2) is 47.5 Å². The van der Waals surface area contributed by atoms with Crippen molar-refractivity contribution in [2.75, 3.05) is 11.9 Å². The third kappa shape index (κ3) is 4.00. The van der Waals surface area contributed by atoms with Crippen LogP contribution in [0.5, 0.6) is 0 Å². The molecule has 28 heavy (non-hydrogen) atoms. The van der Waals surface area contributed by atoms with Crippen molar-refractivity contribution in [1.82, 2.24) is 9.55 Å². The van der Waals surface area contributed by atoms with E-state index in [1.807, 2.05) is 5.32 Å². The van der Waals surface area contributed by atoms with Gasteiger partial charge in [-0.15, -0.1) is 0 Å². The number of benzene rings is 2. The molecule has 1 aromatic heterocycles. The molecule has 0 spiro atoms. The molecule has 0 bridgehead atoms. The summed E-state index contributed by atoms with van der Waals surface area (Å²) in [6.07, 6.45) is 1.17. The quantitative estimate of drug-likeness (QED) is 0.531. The molecule has 10 heteroatoms. The number of carbonyl (C=O) groups is 2. The molecule has 7 nitrogen and oxygen atoms in total. The van der Waals surface area contributed by atoms with Crippen LogP contribution in [-0.4, -0.2) is 28.0 Å². The molecule has 0 unspecified atom stereocenters. The number of aromatic nitrogens is 2. The Bertz CT molecular complexity index is 1130. The maximum Gasteiger partial charge on any atom is 0.326 e. The number of esters is 1. The summed E-state index contributed by atoms with van der Waals surface area (Å²) >= 11 is 0. The van der Waals surface area contributed by atoms with Gasteiger partial charge in [-0.1, -0.05) is 12.1 Å². The van der Waals surface area contributed by atoms with Crippen molar-refractivity contribution in [2.24, 2.45) is 0 Å². The monoisotopic (exact) mass is 391 g/mol. The highest BCUT2D eigenvalue weighted by molar-refractivity contribution is 5.92. The minimum absolute atomic E-state index is 0.310. The zero-order chi connectivity index (χ0) is 20.3. The smallest absolute Gasteiger partial charge is 0.326 e. The highest BCUT2D eigenvalue weighted by Gasteiger charge is 2.16. The first-order valence-corrected chi connectivity index (χ1v) is 7.90. The third-order valence-corrected chi connectivity index (χ3v) is 3.70. The summed E-state index contributed by atoms with van der Waals surface area (Å²) in [6.45, 7) is -1.31. The van der Waals surface area contributed by atoms with E-state index in [0.29, 0.717) is 17.0 Å². The number of hydrogen-bond donors (Lipinski definition) is 1. The van der Waals surface area contributed by atoms with Crippen molar-refractivity contribution in [1.29, 1.82) is 0 Å². The lowest BCUT2D eigenvalue weighted by atomic mass is 10.2. The standard InChI is InChI=1S/C18H12F3N3O4/c19-11-5-6-13(17(21)16(11)20)23-14(25)8-28-15(26)7-24-9-22-12-4-2-1-3-10(12)18(24)27/h1-6,9H,7-8H2,(H,23,25). The summed E-state index contributed by atoms with van der Waals surface area (Å²) in [7, 11) is 0. The van der Waals surface area contributed by atoms with E-state index in [2.05, 4.69) is 4.98 Å². The highest BCUT2D eigenvalue weighted by Crippen LogP contribution is 2.19. The Balaban J connectivity index is 1.60. The van der Waals surface area contributed by atoms with E-state index in [4.69, 9.17) is 4.74 Å². The predicted octanol–water partition coefficient (Wildman–Crippen LogP) is 2.00. The first kappa shape index (κ1) is 19.1. The summed E-state index contributed by atoms with van der Waals surface area (Å²) in [5.74, 6) is -6.61. The number of nitrogens with one attached hydrogen (secondary N) is 1. The molecule has 0 aliphatic rings. The lowest BCUT2D eigenvalue weighted by molar-refractivity contribution is -0.147. The Morgan fingerprint density at radius 3 is 2.61 bits per heavy atom. The van der Waals surface area contributed by atoms with E-state index in [-0.39, 0.29) is 0 Å². The van der Waals surface area contributed by atoms with Crippen molar-refractivity contribution in [2.45, 2.75) is 6.54 Å². The summed E-state index contributed by atoms with van der Waals surface area (Å²) in [4.78, 5) is 39.9. The van der Waals surface area contributed by atoms with E-state index < -0.39 is 53.7 Å². The minimum atomic E-state index is -1.74. The summed E-state index contributed by atoms with van der Waals surface area (Å²) in [6, 6.07) is 8.02. The van der Waals surface area contributed by atoms with E-state index in [0.717, 1.165) is 10.6 Å². The number of fused-ring (bicyclic) bond motifs is 1. The van der Waals surface area contributed by atoms with Crippen molar-refractivity contribution in [3.63, 3.8) is 0 Å². The molecule has 0 atom stereocenters. The molecule has 0 saturated carbocycles. The second kappa shape index (κ2) is 7.91. The SMILES string of the molecule is O=C(COC(=O)Cn1cnc2ccccc2c1=O)Nc1ccc(F)c(F)c1F. The summed E-state index contributed by atoms with van der Waals surface area (Å²) in [5, 5.41) is 2.26. The maximum absolute atomic E-state index is 13.5. The van der Waals surface area contributed by atoms with Crippen LogP contribution in [0.4, 0.5) is 18.9 Å². The van der Waals surface area contributed by atoms with Crippen LogP contribution < -0.4 is 10.9 Å². The lowest BCUT2D eigenvalue weighted by Crippen LogP contribution is -2.28. The lowest BCUT2D eigenvalue weighted by Gasteiger charge is -2.09. The van der Waals surface area contributed by atoms with Gasteiger partial charge in [0.05, 0.1) is 22.9 Å². The first-order chi connectivity index (χ1) is 13.4. The number of rotatable bonds is 5. The van der Waals surface area contributed by atoms with Gasteiger partial charge in [0.15, 0.2) is 24.1 Å². The Morgan fingerprint density at radius 1 is 1.07 bits per heavy atom. The number of anilines is 1. The number of nitrogens with zero attached hydrogens (tertiary/aromatic N) is 2. The van der Waals surface area contributed by atoms with Crippen molar-refractivity contribution >= 4 is 28.5 Å². The van der Waals surface area contributed by atoms with Gasteiger partial charge in [0.1, 0.15) is 6.54 Å². The molecular weight excluding hydrogens is 379 g/mol. The van der Waals surface area contributed by atoms with E-state index in [1.54, 1.807) is 24.3 Å². The molecule has 1 N–H and O–H groups in total. The molecule has 2 aromatic carbocycles. The minimum Gasteiger partial charge on any atom is -0.454 e. The fourth-order valence-electron chi connectivity index (χ4n) is 2.36. The van der Waals surface area contributed by atoms with Gasteiger partial charge in [0.25, 0.3) is 11.5 Å². The Labute approximate surface area is 155 Å². The molecule has 144 valence electrons. The van der Waals surface area contributed by atoms with Crippen LogP contribution >= 0.6 is 0 Å².